The van der Waals surface area contributed by atoms with Crippen molar-refractivity contribution in [2.75, 3.05) is 10.8 Å². The van der Waals surface area contributed by atoms with Crippen molar-refractivity contribution >= 4 is 23.4 Å². The first-order chi connectivity index (χ1) is 9.18. The van der Waals surface area contributed by atoms with Gasteiger partial charge in [-0.3, -0.25) is 10.0 Å². The zero-order valence-corrected chi connectivity index (χ0v) is 10.9. The van der Waals surface area contributed by atoms with Gasteiger partial charge in [0.05, 0.1) is 11.4 Å². The van der Waals surface area contributed by atoms with Gasteiger partial charge >= 0.3 is 0 Å². The van der Waals surface area contributed by atoms with Crippen LogP contribution in [0.2, 0.25) is 0 Å². The highest BCUT2D eigenvalue weighted by atomic mass is 32.2. The summed E-state index contributed by atoms with van der Waals surface area (Å²) in [5.74, 6) is -0.271. The Morgan fingerprint density at radius 2 is 1.68 bits per heavy atom. The Morgan fingerprint density at radius 3 is 2.37 bits per heavy atom. The van der Waals surface area contributed by atoms with Crippen LogP contribution in [0.15, 0.2) is 59.5 Å². The molecule has 2 aromatic rings. The van der Waals surface area contributed by atoms with Crippen molar-refractivity contribution in [3.8, 4) is 5.75 Å². The molecule has 0 saturated carbocycles. The van der Waals surface area contributed by atoms with E-state index in [0.717, 1.165) is 0 Å². The number of hydrogen-bond donors (Lipinski definition) is 2. The highest BCUT2D eigenvalue weighted by Gasteiger charge is 2.13. The Hall–Kier alpha value is -1.98. The standard InChI is InChI=1S/C14H13NO3S/c16-12-8-4-5-9-13(12)19-10-14(17)15(18)11-6-2-1-3-7-11/h1-9,16,18H,10H2. The lowest BCUT2D eigenvalue weighted by Crippen LogP contribution is -2.28. The molecular weight excluding hydrogens is 262 g/mol. The van der Waals surface area contributed by atoms with Crippen LogP contribution in [0.1, 0.15) is 0 Å². The van der Waals surface area contributed by atoms with Gasteiger partial charge in [0.1, 0.15) is 5.75 Å². The highest BCUT2D eigenvalue weighted by molar-refractivity contribution is 8.00. The van der Waals surface area contributed by atoms with Gasteiger partial charge in [0.2, 0.25) is 0 Å². The third-order valence-electron chi connectivity index (χ3n) is 2.45. The second kappa shape index (κ2) is 6.26. The molecule has 0 heterocycles. The minimum atomic E-state index is -0.445. The van der Waals surface area contributed by atoms with E-state index in [1.54, 1.807) is 54.6 Å². The van der Waals surface area contributed by atoms with E-state index in [2.05, 4.69) is 0 Å². The van der Waals surface area contributed by atoms with Gasteiger partial charge in [-0.1, -0.05) is 30.3 Å². The number of para-hydroxylation sites is 2. The van der Waals surface area contributed by atoms with E-state index in [9.17, 15) is 15.1 Å². The van der Waals surface area contributed by atoms with Crippen molar-refractivity contribution in [3.63, 3.8) is 0 Å². The van der Waals surface area contributed by atoms with E-state index in [-0.39, 0.29) is 11.5 Å². The van der Waals surface area contributed by atoms with Crippen LogP contribution < -0.4 is 5.06 Å². The average molecular weight is 275 g/mol. The normalized spacial score (nSPS) is 10.2. The van der Waals surface area contributed by atoms with Crippen molar-refractivity contribution in [1.82, 2.24) is 0 Å². The summed E-state index contributed by atoms with van der Waals surface area (Å²) in [6.45, 7) is 0. The maximum Gasteiger partial charge on any atom is 0.261 e. The number of carbonyl (C=O) groups is 1. The number of thioether (sulfide) groups is 1. The smallest absolute Gasteiger partial charge is 0.261 e. The van der Waals surface area contributed by atoms with E-state index in [1.807, 2.05) is 0 Å². The molecule has 0 bridgehead atoms. The number of carbonyl (C=O) groups excluding carboxylic acids is 1. The molecule has 19 heavy (non-hydrogen) atoms. The maximum absolute atomic E-state index is 11.8. The maximum atomic E-state index is 11.8. The number of anilines is 1. The Morgan fingerprint density at radius 1 is 1.05 bits per heavy atom. The quantitative estimate of drug-likeness (QED) is 0.511. The number of hydroxylamine groups is 1. The number of benzene rings is 2. The molecule has 0 atom stereocenters. The predicted octanol–water partition coefficient (Wildman–Crippen LogP) is 2.91. The third-order valence-corrected chi connectivity index (χ3v) is 3.50. The lowest BCUT2D eigenvalue weighted by molar-refractivity contribution is -0.121. The number of phenols is 1. The van der Waals surface area contributed by atoms with Crippen molar-refractivity contribution in [3.05, 3.63) is 54.6 Å². The van der Waals surface area contributed by atoms with E-state index in [4.69, 9.17) is 0 Å². The van der Waals surface area contributed by atoms with Crippen molar-refractivity contribution in [2.45, 2.75) is 4.90 Å². The molecule has 0 aliphatic heterocycles. The first kappa shape index (κ1) is 13.5. The molecule has 0 unspecified atom stereocenters. The molecule has 4 nitrogen and oxygen atoms in total. The molecule has 0 saturated heterocycles. The molecule has 2 N–H and O–H groups in total. The fraction of sp³-hybridized carbons (Fsp3) is 0.0714. The average Bonchev–Trinajstić information content (AvgIpc) is 2.46. The lowest BCUT2D eigenvalue weighted by atomic mass is 10.3. The second-order valence-corrected chi connectivity index (χ2v) is 4.81. The zero-order valence-electron chi connectivity index (χ0n) is 10.1. The van der Waals surface area contributed by atoms with Gasteiger partial charge in [-0.05, 0) is 24.3 Å². The van der Waals surface area contributed by atoms with Crippen LogP contribution in [0.4, 0.5) is 5.69 Å². The number of hydrogen-bond acceptors (Lipinski definition) is 4. The highest BCUT2D eigenvalue weighted by Crippen LogP contribution is 2.28. The number of amides is 1. The molecule has 0 aromatic heterocycles. The largest absolute Gasteiger partial charge is 0.507 e. The monoisotopic (exact) mass is 275 g/mol. The van der Waals surface area contributed by atoms with Crippen LogP contribution >= 0.6 is 11.8 Å². The van der Waals surface area contributed by atoms with Crippen LogP contribution in [0, 0.1) is 0 Å². The van der Waals surface area contributed by atoms with Gasteiger partial charge in [-0.15, -0.1) is 11.8 Å². The summed E-state index contributed by atoms with van der Waals surface area (Å²) in [5.41, 5.74) is 0.422. The van der Waals surface area contributed by atoms with Crippen molar-refractivity contribution < 1.29 is 15.1 Å². The molecule has 0 spiro atoms. The first-order valence-corrected chi connectivity index (χ1v) is 6.64. The Bertz CT molecular complexity index is 560. The number of rotatable bonds is 4. The van der Waals surface area contributed by atoms with Crippen molar-refractivity contribution in [2.24, 2.45) is 0 Å². The fourth-order valence-electron chi connectivity index (χ4n) is 1.49. The Kier molecular flexibility index (Phi) is 4.43. The van der Waals surface area contributed by atoms with Crippen LogP contribution in [-0.2, 0) is 4.79 Å². The number of aromatic hydroxyl groups is 1. The Labute approximate surface area is 115 Å². The summed E-state index contributed by atoms with van der Waals surface area (Å²) in [4.78, 5) is 12.4. The lowest BCUT2D eigenvalue weighted by Gasteiger charge is -2.14. The summed E-state index contributed by atoms with van der Waals surface area (Å²) in [6, 6.07) is 15.3. The van der Waals surface area contributed by atoms with Crippen LogP contribution in [-0.4, -0.2) is 22.0 Å². The van der Waals surface area contributed by atoms with Gasteiger partial charge in [-0.25, -0.2) is 0 Å². The Balaban J connectivity index is 1.97. The van der Waals surface area contributed by atoms with Gasteiger partial charge < -0.3 is 5.11 Å². The molecule has 0 aliphatic carbocycles. The molecule has 0 aliphatic rings. The molecule has 98 valence electrons. The summed E-state index contributed by atoms with van der Waals surface area (Å²) in [5, 5.41) is 19.9. The second-order valence-electron chi connectivity index (χ2n) is 3.80. The van der Waals surface area contributed by atoms with E-state index >= 15 is 0 Å². The molecule has 1 amide bonds. The summed E-state index contributed by atoms with van der Waals surface area (Å²) >= 11 is 1.18. The molecular formula is C14H13NO3S. The van der Waals surface area contributed by atoms with Gasteiger partial charge in [0.15, 0.2) is 0 Å². The summed E-state index contributed by atoms with van der Waals surface area (Å²) in [7, 11) is 0. The number of phenolic OH excluding ortho intramolecular Hbond substituents is 1. The zero-order chi connectivity index (χ0) is 13.7. The van der Waals surface area contributed by atoms with Gasteiger partial charge in [-0.2, -0.15) is 5.06 Å². The van der Waals surface area contributed by atoms with Gasteiger partial charge in [0, 0.05) is 4.90 Å². The molecule has 2 aromatic carbocycles. The fourth-order valence-corrected chi connectivity index (χ4v) is 2.29. The van der Waals surface area contributed by atoms with Crippen molar-refractivity contribution in [1.29, 1.82) is 0 Å². The SMILES string of the molecule is O=C(CSc1ccccc1O)N(O)c1ccccc1. The molecule has 5 heteroatoms. The summed E-state index contributed by atoms with van der Waals surface area (Å²) in [6.07, 6.45) is 0. The van der Waals surface area contributed by atoms with E-state index < -0.39 is 5.91 Å². The van der Waals surface area contributed by atoms with E-state index in [0.29, 0.717) is 15.6 Å². The summed E-state index contributed by atoms with van der Waals surface area (Å²) < 4.78 is 0. The minimum Gasteiger partial charge on any atom is -0.507 e. The molecule has 0 radical (unpaired) electrons. The van der Waals surface area contributed by atoms with Crippen LogP contribution in [0.5, 0.6) is 5.75 Å². The predicted molar refractivity (Wildman–Crippen MR) is 74.5 cm³/mol. The molecule has 2 rings (SSSR count). The van der Waals surface area contributed by atoms with Crippen LogP contribution in [0.3, 0.4) is 0 Å². The topological polar surface area (TPSA) is 60.8 Å². The first-order valence-electron chi connectivity index (χ1n) is 5.66. The van der Waals surface area contributed by atoms with Gasteiger partial charge in [0.25, 0.3) is 5.91 Å². The van der Waals surface area contributed by atoms with Crippen LogP contribution in [0.25, 0.3) is 0 Å². The number of nitrogens with zero attached hydrogens (tertiary/aromatic N) is 1. The van der Waals surface area contributed by atoms with E-state index in [1.165, 1.54) is 11.8 Å². The minimum absolute atomic E-state index is 0.0446. The third kappa shape index (κ3) is 3.49. The molecule has 0 fully saturated rings.